The van der Waals surface area contributed by atoms with Crippen LogP contribution in [0.3, 0.4) is 0 Å². The second-order valence-corrected chi connectivity index (χ2v) is 8.15. The summed E-state index contributed by atoms with van der Waals surface area (Å²) >= 11 is 2.50. The third-order valence-corrected chi connectivity index (χ3v) is 6.13. The zero-order valence-corrected chi connectivity index (χ0v) is 16.3. The van der Waals surface area contributed by atoms with Crippen molar-refractivity contribution in [3.05, 3.63) is 52.1 Å². The molecule has 0 bridgehead atoms. The van der Waals surface area contributed by atoms with E-state index in [4.69, 9.17) is 5.73 Å². The second-order valence-electron chi connectivity index (χ2n) is 6.15. The van der Waals surface area contributed by atoms with Crippen molar-refractivity contribution in [2.75, 3.05) is 0 Å². The van der Waals surface area contributed by atoms with Crippen LogP contribution in [0.1, 0.15) is 13.8 Å². The molecule has 0 fully saturated rings. The lowest BCUT2D eigenvalue weighted by atomic mass is 10.1. The summed E-state index contributed by atoms with van der Waals surface area (Å²) in [5.74, 6) is -0.628. The maximum absolute atomic E-state index is 13.1. The summed E-state index contributed by atoms with van der Waals surface area (Å²) < 4.78 is 1.49. The Kier molecular flexibility index (Phi) is 5.62. The van der Waals surface area contributed by atoms with Crippen molar-refractivity contribution in [3.8, 4) is 5.69 Å². The molecule has 3 amide bonds. The van der Waals surface area contributed by atoms with Crippen LogP contribution in [0.15, 0.2) is 51.7 Å². The summed E-state index contributed by atoms with van der Waals surface area (Å²) in [6, 6.07) is 9.95. The van der Waals surface area contributed by atoms with E-state index < -0.39 is 17.2 Å². The first kappa shape index (κ1) is 19.1. The van der Waals surface area contributed by atoms with E-state index in [0.717, 1.165) is 11.8 Å². The summed E-state index contributed by atoms with van der Waals surface area (Å²) in [6.07, 6.45) is 0. The van der Waals surface area contributed by atoms with Crippen molar-refractivity contribution >= 4 is 45.3 Å². The monoisotopic (exact) mass is 402 g/mol. The number of benzene rings is 1. The highest BCUT2D eigenvalue weighted by molar-refractivity contribution is 8.00. The van der Waals surface area contributed by atoms with Crippen LogP contribution in [0, 0.1) is 5.92 Å². The molecule has 0 saturated heterocycles. The highest BCUT2D eigenvalue weighted by Gasteiger charge is 2.27. The zero-order chi connectivity index (χ0) is 19.6. The normalized spacial score (nSPS) is 12.3. The number of nitrogens with zero attached hydrogens (tertiary/aromatic N) is 2. The Morgan fingerprint density at radius 2 is 1.93 bits per heavy atom. The van der Waals surface area contributed by atoms with Crippen molar-refractivity contribution in [2.24, 2.45) is 11.7 Å². The van der Waals surface area contributed by atoms with Crippen LogP contribution in [0.2, 0.25) is 0 Å². The Balaban J connectivity index is 2.13. The Labute approximate surface area is 163 Å². The molecule has 1 aromatic carbocycles. The quantitative estimate of drug-likeness (QED) is 0.504. The van der Waals surface area contributed by atoms with Gasteiger partial charge in [-0.25, -0.2) is 9.78 Å². The van der Waals surface area contributed by atoms with Gasteiger partial charge in [0.2, 0.25) is 5.91 Å². The average molecular weight is 403 g/mol. The number of imide groups is 1. The smallest absolute Gasteiger partial charge is 0.318 e. The largest absolute Gasteiger partial charge is 0.351 e. The van der Waals surface area contributed by atoms with Gasteiger partial charge in [0, 0.05) is 0 Å². The van der Waals surface area contributed by atoms with E-state index in [0.29, 0.717) is 21.1 Å². The number of amides is 3. The Morgan fingerprint density at radius 3 is 2.56 bits per heavy atom. The first-order valence-electron chi connectivity index (χ1n) is 8.21. The maximum Gasteiger partial charge on any atom is 0.318 e. The molecule has 27 heavy (non-hydrogen) atoms. The lowest BCUT2D eigenvalue weighted by molar-refractivity contribution is -0.120. The number of para-hydroxylation sites is 1. The maximum atomic E-state index is 13.1. The van der Waals surface area contributed by atoms with Crippen LogP contribution < -0.4 is 16.6 Å². The fourth-order valence-electron chi connectivity index (χ4n) is 2.58. The van der Waals surface area contributed by atoms with E-state index in [2.05, 4.69) is 10.3 Å². The van der Waals surface area contributed by atoms with Crippen molar-refractivity contribution in [1.82, 2.24) is 14.9 Å². The van der Waals surface area contributed by atoms with Crippen molar-refractivity contribution in [1.29, 1.82) is 0 Å². The number of nitrogens with two attached hydrogens (primary N) is 1. The van der Waals surface area contributed by atoms with Gasteiger partial charge in [-0.3, -0.25) is 19.5 Å². The molecule has 1 atom stereocenters. The van der Waals surface area contributed by atoms with E-state index in [1.165, 1.54) is 15.9 Å². The lowest BCUT2D eigenvalue weighted by Crippen LogP contribution is -2.42. The number of thioether (sulfide) groups is 1. The first-order chi connectivity index (χ1) is 12.9. The zero-order valence-electron chi connectivity index (χ0n) is 14.7. The first-order valence-corrected chi connectivity index (χ1v) is 9.97. The Bertz CT molecular complexity index is 1040. The third kappa shape index (κ3) is 4.04. The summed E-state index contributed by atoms with van der Waals surface area (Å²) in [5.41, 5.74) is 5.54. The molecule has 0 saturated carbocycles. The number of thiophene rings is 1. The summed E-state index contributed by atoms with van der Waals surface area (Å²) in [7, 11) is 0. The second kappa shape index (κ2) is 7.93. The fourth-order valence-corrected chi connectivity index (χ4v) is 4.49. The number of hydrogen-bond acceptors (Lipinski definition) is 6. The van der Waals surface area contributed by atoms with Crippen LogP contribution in [0.4, 0.5) is 4.79 Å². The number of primary amides is 1. The van der Waals surface area contributed by atoms with Crippen molar-refractivity contribution in [3.63, 3.8) is 0 Å². The van der Waals surface area contributed by atoms with Crippen LogP contribution in [-0.4, -0.2) is 26.7 Å². The number of carbonyl (C=O) groups excluding carboxylic acids is 2. The molecule has 0 aliphatic heterocycles. The van der Waals surface area contributed by atoms with Gasteiger partial charge >= 0.3 is 6.03 Å². The molecule has 9 heteroatoms. The highest BCUT2D eigenvalue weighted by Crippen LogP contribution is 2.30. The van der Waals surface area contributed by atoms with Crippen LogP contribution in [0.5, 0.6) is 0 Å². The summed E-state index contributed by atoms with van der Waals surface area (Å²) in [6.45, 7) is 3.71. The molecule has 0 spiro atoms. The molecule has 3 aromatic rings. The number of carbonyl (C=O) groups is 2. The number of fused-ring (bicyclic) bond motifs is 1. The molecule has 140 valence electrons. The van der Waals surface area contributed by atoms with E-state index in [1.54, 1.807) is 18.2 Å². The minimum atomic E-state index is -0.909. The lowest BCUT2D eigenvalue weighted by Gasteiger charge is -2.20. The van der Waals surface area contributed by atoms with Crippen molar-refractivity contribution < 1.29 is 9.59 Å². The van der Waals surface area contributed by atoms with E-state index in [1.807, 2.05) is 37.4 Å². The van der Waals surface area contributed by atoms with Gasteiger partial charge in [-0.05, 0) is 29.5 Å². The van der Waals surface area contributed by atoms with Crippen LogP contribution >= 0.6 is 23.1 Å². The number of hydrogen-bond donors (Lipinski definition) is 2. The molecule has 1 unspecified atom stereocenters. The van der Waals surface area contributed by atoms with Gasteiger partial charge in [0.05, 0.1) is 16.3 Å². The molecule has 0 radical (unpaired) electrons. The van der Waals surface area contributed by atoms with E-state index >= 15 is 0 Å². The topological polar surface area (TPSA) is 107 Å². The predicted molar refractivity (Wildman–Crippen MR) is 107 cm³/mol. The number of rotatable bonds is 5. The average Bonchev–Trinajstić information content (AvgIpc) is 3.08. The molecule has 3 N–H and O–H groups in total. The van der Waals surface area contributed by atoms with Gasteiger partial charge in [-0.15, -0.1) is 11.3 Å². The Morgan fingerprint density at radius 1 is 1.22 bits per heavy atom. The number of aromatic nitrogens is 2. The van der Waals surface area contributed by atoms with Gasteiger partial charge in [-0.1, -0.05) is 43.8 Å². The van der Waals surface area contributed by atoms with Crippen LogP contribution in [0.25, 0.3) is 15.9 Å². The number of urea groups is 1. The van der Waals surface area contributed by atoms with Crippen LogP contribution in [-0.2, 0) is 4.79 Å². The molecular weight excluding hydrogens is 384 g/mol. The summed E-state index contributed by atoms with van der Waals surface area (Å²) in [4.78, 5) is 41.7. The minimum absolute atomic E-state index is 0.116. The fraction of sp³-hybridized carbons (Fsp3) is 0.222. The molecule has 0 aliphatic carbocycles. The third-order valence-electron chi connectivity index (χ3n) is 3.82. The van der Waals surface area contributed by atoms with Gasteiger partial charge in [-0.2, -0.15) is 0 Å². The van der Waals surface area contributed by atoms with Crippen molar-refractivity contribution in [2.45, 2.75) is 24.3 Å². The van der Waals surface area contributed by atoms with E-state index in [-0.39, 0.29) is 11.5 Å². The molecule has 2 aromatic heterocycles. The highest BCUT2D eigenvalue weighted by atomic mass is 32.2. The number of nitrogens with one attached hydrogen (secondary N) is 1. The Hall–Kier alpha value is -2.65. The molecule has 2 heterocycles. The van der Waals surface area contributed by atoms with Gasteiger partial charge in [0.1, 0.15) is 4.83 Å². The molecule has 3 rings (SSSR count). The van der Waals surface area contributed by atoms with E-state index in [9.17, 15) is 14.4 Å². The predicted octanol–water partition coefficient (Wildman–Crippen LogP) is 2.76. The standard InChI is InChI=1S/C18H18N4O3S2/c1-10(2)13(14(23)20-17(19)25)27-18-21-15-12(8-9-26-15)16(24)22(18)11-6-4-3-5-7-11/h3-10,13H,1-2H3,(H3,19,20,23,25). The molecule has 0 aliphatic rings. The summed E-state index contributed by atoms with van der Waals surface area (Å²) in [5, 5.41) is 4.20. The van der Waals surface area contributed by atoms with Gasteiger partial charge in [0.15, 0.2) is 5.16 Å². The molecular formula is C18H18N4O3S2. The van der Waals surface area contributed by atoms with Gasteiger partial charge < -0.3 is 5.73 Å². The molecule has 7 nitrogen and oxygen atoms in total. The van der Waals surface area contributed by atoms with Gasteiger partial charge in [0.25, 0.3) is 5.56 Å². The minimum Gasteiger partial charge on any atom is -0.351 e. The SMILES string of the molecule is CC(C)C(Sc1nc2sccc2c(=O)n1-c1ccccc1)C(=O)NC(N)=O.